The molecule has 0 saturated carbocycles. The third kappa shape index (κ3) is 5.50. The zero-order valence-corrected chi connectivity index (χ0v) is 11.0. The number of hydrogen-bond acceptors (Lipinski definition) is 3. The highest BCUT2D eigenvalue weighted by Crippen LogP contribution is 2.21. The monoisotopic (exact) mass is 216 g/mol. The Morgan fingerprint density at radius 3 is 2.40 bits per heavy atom. The molecule has 15 heavy (non-hydrogen) atoms. The lowest BCUT2D eigenvalue weighted by Gasteiger charge is -2.39. The van der Waals surface area contributed by atoms with Crippen LogP contribution >= 0.6 is 0 Å². The van der Waals surface area contributed by atoms with Crippen molar-refractivity contribution in [3.63, 3.8) is 0 Å². The van der Waals surface area contributed by atoms with Gasteiger partial charge in [-0.1, -0.05) is 13.8 Å². The predicted molar refractivity (Wildman–Crippen MR) is 66.0 cm³/mol. The second-order valence-corrected chi connectivity index (χ2v) is 5.07. The Morgan fingerprint density at radius 2 is 2.00 bits per heavy atom. The Morgan fingerprint density at radius 1 is 1.40 bits per heavy atom. The second-order valence-electron chi connectivity index (χ2n) is 5.07. The Bertz CT molecular complexity index is 162. The zero-order valence-electron chi connectivity index (χ0n) is 11.0. The summed E-state index contributed by atoms with van der Waals surface area (Å²) in [6.07, 6.45) is 2.22. The average molecular weight is 216 g/mol. The minimum absolute atomic E-state index is 0.127. The van der Waals surface area contributed by atoms with Gasteiger partial charge in [0, 0.05) is 32.3 Å². The maximum Gasteiger partial charge on any atom is 0.0474 e. The lowest BCUT2D eigenvalue weighted by atomic mass is 9.89. The van der Waals surface area contributed by atoms with Gasteiger partial charge in [-0.25, -0.2) is 0 Å². The fourth-order valence-electron chi connectivity index (χ4n) is 1.99. The average Bonchev–Trinajstić information content (AvgIpc) is 2.16. The van der Waals surface area contributed by atoms with E-state index in [1.54, 1.807) is 7.11 Å². The molecule has 0 radical (unpaired) electrons. The number of ether oxygens (including phenoxy) is 1. The lowest BCUT2D eigenvalue weighted by Crippen LogP contribution is -2.50. The number of likely N-dealkylation sites (N-methyl/N-ethyl adjacent to an activating group) is 1. The summed E-state index contributed by atoms with van der Waals surface area (Å²) in [7, 11) is 3.90. The number of hydrogen-bond donors (Lipinski definition) is 1. The van der Waals surface area contributed by atoms with E-state index in [2.05, 4.69) is 32.7 Å². The van der Waals surface area contributed by atoms with Gasteiger partial charge < -0.3 is 10.5 Å². The van der Waals surface area contributed by atoms with E-state index in [9.17, 15) is 0 Å². The number of rotatable bonds is 8. The van der Waals surface area contributed by atoms with Gasteiger partial charge in [0.05, 0.1) is 0 Å². The summed E-state index contributed by atoms with van der Waals surface area (Å²) in [5.74, 6) is 0.684. The third-order valence-corrected chi connectivity index (χ3v) is 3.05. The summed E-state index contributed by atoms with van der Waals surface area (Å²) < 4.78 is 5.06. The summed E-state index contributed by atoms with van der Waals surface area (Å²) in [5.41, 5.74) is 6.01. The van der Waals surface area contributed by atoms with Crippen LogP contribution in [0.2, 0.25) is 0 Å². The molecule has 1 atom stereocenters. The highest BCUT2D eigenvalue weighted by atomic mass is 16.5. The molecule has 0 aliphatic heterocycles. The van der Waals surface area contributed by atoms with Gasteiger partial charge in [-0.15, -0.1) is 0 Å². The molecule has 0 fully saturated rings. The van der Waals surface area contributed by atoms with E-state index >= 15 is 0 Å². The van der Waals surface area contributed by atoms with Crippen LogP contribution in [0, 0.1) is 5.92 Å². The van der Waals surface area contributed by atoms with Crippen molar-refractivity contribution in [1.82, 2.24) is 4.90 Å². The van der Waals surface area contributed by atoms with Gasteiger partial charge in [0.25, 0.3) is 0 Å². The Balaban J connectivity index is 4.11. The van der Waals surface area contributed by atoms with Crippen LogP contribution in [-0.4, -0.2) is 44.3 Å². The molecule has 3 nitrogen and oxygen atoms in total. The number of nitrogens with two attached hydrogens (primary N) is 1. The topological polar surface area (TPSA) is 38.5 Å². The highest BCUT2D eigenvalue weighted by Gasteiger charge is 2.27. The minimum atomic E-state index is 0.127. The smallest absolute Gasteiger partial charge is 0.0474 e. The predicted octanol–water partition coefficient (Wildman–Crippen LogP) is 1.72. The SMILES string of the molecule is COCCCN(C)C(C)(CN)CC(C)C. The van der Waals surface area contributed by atoms with Crippen LogP contribution in [0.15, 0.2) is 0 Å². The van der Waals surface area contributed by atoms with Crippen LogP contribution in [0.1, 0.15) is 33.6 Å². The highest BCUT2D eigenvalue weighted by molar-refractivity contribution is 4.86. The van der Waals surface area contributed by atoms with Crippen molar-refractivity contribution in [2.45, 2.75) is 39.2 Å². The number of methoxy groups -OCH3 is 1. The maximum atomic E-state index is 5.89. The van der Waals surface area contributed by atoms with Crippen LogP contribution in [0.3, 0.4) is 0 Å². The molecule has 0 aliphatic carbocycles. The molecule has 0 spiro atoms. The first-order chi connectivity index (χ1) is 6.96. The summed E-state index contributed by atoms with van der Waals surface area (Å²) in [4.78, 5) is 2.37. The van der Waals surface area contributed by atoms with E-state index in [1.807, 2.05) is 0 Å². The third-order valence-electron chi connectivity index (χ3n) is 3.05. The summed E-state index contributed by atoms with van der Waals surface area (Å²) >= 11 is 0. The molecular weight excluding hydrogens is 188 g/mol. The molecule has 2 N–H and O–H groups in total. The first-order valence-corrected chi connectivity index (χ1v) is 5.86. The van der Waals surface area contributed by atoms with Gasteiger partial charge in [-0.05, 0) is 32.7 Å². The minimum Gasteiger partial charge on any atom is -0.385 e. The summed E-state index contributed by atoms with van der Waals surface area (Å²) in [5, 5.41) is 0. The van der Waals surface area contributed by atoms with E-state index in [0.29, 0.717) is 12.5 Å². The van der Waals surface area contributed by atoms with Gasteiger partial charge in [0.15, 0.2) is 0 Å². The first-order valence-electron chi connectivity index (χ1n) is 5.86. The quantitative estimate of drug-likeness (QED) is 0.628. The van der Waals surface area contributed by atoms with Crippen LogP contribution < -0.4 is 5.73 Å². The van der Waals surface area contributed by atoms with Crippen molar-refractivity contribution >= 4 is 0 Å². The molecule has 1 unspecified atom stereocenters. The molecule has 0 bridgehead atoms. The van der Waals surface area contributed by atoms with Gasteiger partial charge in [-0.2, -0.15) is 0 Å². The normalized spacial score (nSPS) is 16.0. The van der Waals surface area contributed by atoms with Crippen LogP contribution in [0.25, 0.3) is 0 Å². The lowest BCUT2D eigenvalue weighted by molar-refractivity contribution is 0.102. The van der Waals surface area contributed by atoms with E-state index in [1.165, 1.54) is 0 Å². The molecule has 0 heterocycles. The fraction of sp³-hybridized carbons (Fsp3) is 1.00. The largest absolute Gasteiger partial charge is 0.385 e. The molecule has 0 aromatic rings. The molecule has 0 amide bonds. The fourth-order valence-corrected chi connectivity index (χ4v) is 1.99. The molecular formula is C12H28N2O. The second kappa shape index (κ2) is 7.20. The Hall–Kier alpha value is -0.120. The van der Waals surface area contributed by atoms with E-state index < -0.39 is 0 Å². The molecule has 0 aromatic carbocycles. The van der Waals surface area contributed by atoms with E-state index in [-0.39, 0.29) is 5.54 Å². The van der Waals surface area contributed by atoms with Crippen molar-refractivity contribution in [1.29, 1.82) is 0 Å². The van der Waals surface area contributed by atoms with Gasteiger partial charge in [0.1, 0.15) is 0 Å². The van der Waals surface area contributed by atoms with Crippen molar-refractivity contribution in [2.24, 2.45) is 11.7 Å². The molecule has 0 aromatic heterocycles. The van der Waals surface area contributed by atoms with Crippen molar-refractivity contribution < 1.29 is 4.74 Å². The zero-order chi connectivity index (χ0) is 11.9. The Kier molecular flexibility index (Phi) is 7.14. The van der Waals surface area contributed by atoms with Crippen molar-refractivity contribution in [2.75, 3.05) is 33.9 Å². The number of nitrogens with zero attached hydrogens (tertiary/aromatic N) is 1. The summed E-state index contributed by atoms with van der Waals surface area (Å²) in [6, 6.07) is 0. The molecule has 0 rings (SSSR count). The molecule has 0 saturated heterocycles. The maximum absolute atomic E-state index is 5.89. The van der Waals surface area contributed by atoms with Crippen molar-refractivity contribution in [3.8, 4) is 0 Å². The molecule has 92 valence electrons. The van der Waals surface area contributed by atoms with Gasteiger partial charge in [0.2, 0.25) is 0 Å². The van der Waals surface area contributed by atoms with Crippen LogP contribution in [-0.2, 0) is 4.74 Å². The van der Waals surface area contributed by atoms with Crippen LogP contribution in [0.4, 0.5) is 0 Å². The van der Waals surface area contributed by atoms with Crippen molar-refractivity contribution in [3.05, 3.63) is 0 Å². The molecule has 0 aliphatic rings. The van der Waals surface area contributed by atoms with E-state index in [0.717, 1.165) is 26.0 Å². The first kappa shape index (κ1) is 14.9. The van der Waals surface area contributed by atoms with Gasteiger partial charge in [-0.3, -0.25) is 4.90 Å². The summed E-state index contributed by atoms with van der Waals surface area (Å²) in [6.45, 7) is 9.34. The van der Waals surface area contributed by atoms with Gasteiger partial charge >= 0.3 is 0 Å². The Labute approximate surface area is 95.0 Å². The standard InChI is InChI=1S/C12H28N2O/c1-11(2)9-12(3,10-13)14(4)7-6-8-15-5/h11H,6-10,13H2,1-5H3. The van der Waals surface area contributed by atoms with Crippen LogP contribution in [0.5, 0.6) is 0 Å². The van der Waals surface area contributed by atoms with E-state index in [4.69, 9.17) is 10.5 Å². The molecule has 3 heteroatoms.